The van der Waals surface area contributed by atoms with Crippen LogP contribution in [0.25, 0.3) is 0 Å². The molecule has 0 radical (unpaired) electrons. The number of rotatable bonds is 9. The van der Waals surface area contributed by atoms with E-state index in [0.717, 1.165) is 0 Å². The van der Waals surface area contributed by atoms with Gasteiger partial charge in [0, 0.05) is 18.7 Å². The topological polar surface area (TPSA) is 110 Å². The number of nitrogens with zero attached hydrogens (tertiary/aromatic N) is 1. The number of aliphatic carboxylic acids is 1. The molecule has 1 amide bonds. The lowest BCUT2D eigenvalue weighted by molar-refractivity contribution is -0.155. The highest BCUT2D eigenvalue weighted by molar-refractivity contribution is 5.93. The van der Waals surface area contributed by atoms with E-state index in [1.54, 1.807) is 41.5 Å². The molecule has 0 atom stereocenters. The average Bonchev–Trinajstić information content (AvgIpc) is 2.42. The third-order valence-electron chi connectivity index (χ3n) is 3.03. The van der Waals surface area contributed by atoms with Crippen molar-refractivity contribution in [3.63, 3.8) is 0 Å². The Morgan fingerprint density at radius 3 is 1.52 bits per heavy atom. The van der Waals surface area contributed by atoms with Gasteiger partial charge in [0.2, 0.25) is 5.91 Å². The van der Waals surface area contributed by atoms with Crippen LogP contribution in [0.1, 0.15) is 60.8 Å². The van der Waals surface area contributed by atoms with E-state index < -0.39 is 41.4 Å². The second-order valence-electron chi connectivity index (χ2n) is 8.14. The van der Waals surface area contributed by atoms with Gasteiger partial charge in [-0.25, -0.2) is 4.79 Å². The summed E-state index contributed by atoms with van der Waals surface area (Å²) in [6.45, 7) is 13.7. The molecule has 0 spiro atoms. The Bertz CT molecular complexity index is 550. The zero-order chi connectivity index (χ0) is 21.4. The molecule has 0 aromatic carbocycles. The number of carbonyl (C=O) groups excluding carboxylic acids is 3. The Morgan fingerprint density at radius 2 is 1.22 bits per heavy atom. The van der Waals surface area contributed by atoms with Crippen molar-refractivity contribution in [2.75, 3.05) is 13.1 Å². The van der Waals surface area contributed by atoms with Crippen LogP contribution in [0.2, 0.25) is 0 Å². The highest BCUT2D eigenvalue weighted by atomic mass is 16.6. The van der Waals surface area contributed by atoms with Crippen LogP contribution in [0, 0.1) is 0 Å². The number of carboxylic acids is 1. The van der Waals surface area contributed by atoms with Gasteiger partial charge in [-0.2, -0.15) is 0 Å². The standard InChI is InChI=1S/C19H31NO7/c1-13(17(24)25)12-14(21)20(10-8-15(22)26-18(2,3)4)11-9-16(23)27-19(5,6)7/h1,8-12H2,2-7H3,(H,24,25). The summed E-state index contributed by atoms with van der Waals surface area (Å²) >= 11 is 0. The molecule has 0 aliphatic carbocycles. The van der Waals surface area contributed by atoms with E-state index in [2.05, 4.69) is 6.58 Å². The highest BCUT2D eigenvalue weighted by Gasteiger charge is 2.23. The van der Waals surface area contributed by atoms with E-state index in [-0.39, 0.29) is 31.5 Å². The minimum absolute atomic E-state index is 0.00342. The van der Waals surface area contributed by atoms with E-state index in [1.165, 1.54) is 4.90 Å². The fraction of sp³-hybridized carbons (Fsp3) is 0.684. The van der Waals surface area contributed by atoms with E-state index in [9.17, 15) is 19.2 Å². The van der Waals surface area contributed by atoms with Crippen molar-refractivity contribution < 1.29 is 33.8 Å². The molecule has 0 aromatic rings. The molecule has 154 valence electrons. The summed E-state index contributed by atoms with van der Waals surface area (Å²) in [4.78, 5) is 48.2. The molecule has 8 heteroatoms. The predicted molar refractivity (Wildman–Crippen MR) is 98.9 cm³/mol. The van der Waals surface area contributed by atoms with Gasteiger partial charge in [-0.1, -0.05) is 6.58 Å². The van der Waals surface area contributed by atoms with Crippen molar-refractivity contribution in [1.82, 2.24) is 4.90 Å². The first kappa shape index (κ1) is 24.6. The van der Waals surface area contributed by atoms with Crippen LogP contribution in [-0.4, -0.2) is 58.1 Å². The number of ether oxygens (including phenoxy) is 2. The first-order chi connectivity index (χ1) is 12.1. The van der Waals surface area contributed by atoms with E-state index in [1.807, 2.05) is 0 Å². The Kier molecular flexibility index (Phi) is 9.19. The zero-order valence-electron chi connectivity index (χ0n) is 17.1. The van der Waals surface area contributed by atoms with Crippen LogP contribution >= 0.6 is 0 Å². The number of carbonyl (C=O) groups is 4. The summed E-state index contributed by atoms with van der Waals surface area (Å²) in [5, 5.41) is 8.89. The molecule has 1 N–H and O–H groups in total. The fourth-order valence-corrected chi connectivity index (χ4v) is 1.97. The summed E-state index contributed by atoms with van der Waals surface area (Å²) in [6, 6.07) is 0. The van der Waals surface area contributed by atoms with Crippen LogP contribution in [0.5, 0.6) is 0 Å². The van der Waals surface area contributed by atoms with Crippen LogP contribution in [0.3, 0.4) is 0 Å². The molecule has 0 bridgehead atoms. The van der Waals surface area contributed by atoms with Gasteiger partial charge in [-0.3, -0.25) is 14.4 Å². The summed E-state index contributed by atoms with van der Waals surface area (Å²) in [6.07, 6.45) is -0.550. The van der Waals surface area contributed by atoms with E-state index in [0.29, 0.717) is 0 Å². The van der Waals surface area contributed by atoms with Crippen molar-refractivity contribution in [1.29, 1.82) is 0 Å². The lowest BCUT2D eigenvalue weighted by atomic mass is 10.1. The Balaban J connectivity index is 4.91. The minimum atomic E-state index is -1.28. The molecule has 0 unspecified atom stereocenters. The number of esters is 2. The summed E-state index contributed by atoms with van der Waals surface area (Å²) in [5.74, 6) is -2.79. The van der Waals surface area contributed by atoms with Crippen molar-refractivity contribution in [3.05, 3.63) is 12.2 Å². The molecule has 0 aliphatic rings. The molecule has 8 nitrogen and oxygen atoms in total. The van der Waals surface area contributed by atoms with Gasteiger partial charge in [0.1, 0.15) is 11.2 Å². The van der Waals surface area contributed by atoms with Gasteiger partial charge in [0.15, 0.2) is 0 Å². The van der Waals surface area contributed by atoms with Gasteiger partial charge < -0.3 is 19.5 Å². The van der Waals surface area contributed by atoms with Crippen LogP contribution < -0.4 is 0 Å². The maximum Gasteiger partial charge on any atom is 0.331 e. The minimum Gasteiger partial charge on any atom is -0.478 e. The van der Waals surface area contributed by atoms with Gasteiger partial charge in [0.05, 0.1) is 19.3 Å². The molecule has 27 heavy (non-hydrogen) atoms. The quantitative estimate of drug-likeness (QED) is 0.479. The average molecular weight is 385 g/mol. The lowest BCUT2D eigenvalue weighted by Gasteiger charge is -2.25. The number of amides is 1. The largest absolute Gasteiger partial charge is 0.478 e. The normalized spacial score (nSPS) is 11.5. The summed E-state index contributed by atoms with van der Waals surface area (Å²) < 4.78 is 10.4. The SMILES string of the molecule is C=C(CC(=O)N(CCC(=O)OC(C)(C)C)CCC(=O)OC(C)(C)C)C(=O)O. The molecule has 0 rings (SSSR count). The second-order valence-corrected chi connectivity index (χ2v) is 8.14. The third kappa shape index (κ3) is 12.6. The van der Waals surface area contributed by atoms with Crippen LogP contribution in [-0.2, 0) is 28.7 Å². The maximum atomic E-state index is 12.4. The molecule has 0 aromatic heterocycles. The van der Waals surface area contributed by atoms with Gasteiger partial charge in [0.25, 0.3) is 0 Å². The molecule has 0 aliphatic heterocycles. The molecule has 0 saturated carbocycles. The maximum absolute atomic E-state index is 12.4. The Hall–Kier alpha value is -2.38. The monoisotopic (exact) mass is 385 g/mol. The fourth-order valence-electron chi connectivity index (χ4n) is 1.97. The van der Waals surface area contributed by atoms with E-state index in [4.69, 9.17) is 14.6 Å². The van der Waals surface area contributed by atoms with Crippen LogP contribution in [0.15, 0.2) is 12.2 Å². The summed E-state index contributed by atoms with van der Waals surface area (Å²) in [5.41, 5.74) is -1.57. The van der Waals surface area contributed by atoms with Gasteiger partial charge in [-0.05, 0) is 41.5 Å². The number of carboxylic acid groups (broad SMARTS) is 1. The molecule has 0 fully saturated rings. The van der Waals surface area contributed by atoms with Crippen molar-refractivity contribution in [2.45, 2.75) is 72.0 Å². The third-order valence-corrected chi connectivity index (χ3v) is 3.03. The smallest absolute Gasteiger partial charge is 0.331 e. The molecular weight excluding hydrogens is 354 g/mol. The predicted octanol–water partition coefficient (Wildman–Crippen LogP) is 2.31. The lowest BCUT2D eigenvalue weighted by Crippen LogP contribution is -2.37. The Morgan fingerprint density at radius 1 is 0.852 bits per heavy atom. The first-order valence-corrected chi connectivity index (χ1v) is 8.73. The summed E-state index contributed by atoms with van der Waals surface area (Å²) in [7, 11) is 0. The number of hydrogen-bond acceptors (Lipinski definition) is 6. The van der Waals surface area contributed by atoms with Crippen molar-refractivity contribution in [3.8, 4) is 0 Å². The van der Waals surface area contributed by atoms with Gasteiger partial charge >= 0.3 is 17.9 Å². The van der Waals surface area contributed by atoms with E-state index >= 15 is 0 Å². The van der Waals surface area contributed by atoms with Gasteiger partial charge in [-0.15, -0.1) is 0 Å². The number of hydrogen-bond donors (Lipinski definition) is 1. The van der Waals surface area contributed by atoms with Crippen LogP contribution in [0.4, 0.5) is 0 Å². The molecule has 0 saturated heterocycles. The Labute approximate surface area is 160 Å². The second kappa shape index (κ2) is 10.1. The first-order valence-electron chi connectivity index (χ1n) is 8.73. The zero-order valence-corrected chi connectivity index (χ0v) is 17.1. The molecule has 0 heterocycles. The molecular formula is C19H31NO7. The highest BCUT2D eigenvalue weighted by Crippen LogP contribution is 2.12. The van der Waals surface area contributed by atoms with Crippen molar-refractivity contribution >= 4 is 23.8 Å². The van der Waals surface area contributed by atoms with Crippen molar-refractivity contribution in [2.24, 2.45) is 0 Å².